The Hall–Kier alpha value is -1.06. The quantitative estimate of drug-likeness (QED) is 0.696. The van der Waals surface area contributed by atoms with Crippen LogP contribution < -0.4 is 10.6 Å². The maximum absolute atomic E-state index is 9.86. The van der Waals surface area contributed by atoms with Crippen LogP contribution in [0.1, 0.15) is 24.1 Å². The summed E-state index contributed by atoms with van der Waals surface area (Å²) in [5.41, 5.74) is 2.35. The first-order valence-electron chi connectivity index (χ1n) is 5.57. The summed E-state index contributed by atoms with van der Waals surface area (Å²) >= 11 is 0. The van der Waals surface area contributed by atoms with E-state index in [9.17, 15) is 5.11 Å². The first kappa shape index (κ1) is 10.5. The summed E-state index contributed by atoms with van der Waals surface area (Å²) in [6.45, 7) is 4.92. The summed E-state index contributed by atoms with van der Waals surface area (Å²) in [5.74, 6) is 0.419. The molecule has 3 heteroatoms. The Balaban J connectivity index is 2.24. The monoisotopic (exact) mass is 206 g/mol. The maximum Gasteiger partial charge on any atom is 0.120 e. The van der Waals surface area contributed by atoms with Gasteiger partial charge < -0.3 is 15.7 Å². The van der Waals surface area contributed by atoms with Crippen LogP contribution in [-0.2, 0) is 6.42 Å². The van der Waals surface area contributed by atoms with Gasteiger partial charge in [-0.15, -0.1) is 0 Å². The smallest absolute Gasteiger partial charge is 0.120 e. The SMILES string of the molecule is CCNCC1NCCc2cccc(O)c21. The topological polar surface area (TPSA) is 44.3 Å². The fourth-order valence-electron chi connectivity index (χ4n) is 2.17. The second kappa shape index (κ2) is 4.64. The van der Waals surface area contributed by atoms with Gasteiger partial charge in [0.2, 0.25) is 0 Å². The fourth-order valence-corrected chi connectivity index (χ4v) is 2.17. The molecule has 82 valence electrons. The number of likely N-dealkylation sites (N-methyl/N-ethyl adjacent to an activating group) is 1. The molecule has 0 saturated heterocycles. The van der Waals surface area contributed by atoms with Gasteiger partial charge in [-0.25, -0.2) is 0 Å². The Kier molecular flexibility index (Phi) is 3.23. The van der Waals surface area contributed by atoms with Crippen LogP contribution in [-0.4, -0.2) is 24.7 Å². The first-order valence-corrected chi connectivity index (χ1v) is 5.57. The van der Waals surface area contributed by atoms with Gasteiger partial charge in [0.1, 0.15) is 5.75 Å². The Labute approximate surface area is 90.5 Å². The summed E-state index contributed by atoms with van der Waals surface area (Å²) in [4.78, 5) is 0. The normalized spacial score (nSPS) is 19.9. The first-order chi connectivity index (χ1) is 7.33. The molecule has 0 spiro atoms. The lowest BCUT2D eigenvalue weighted by Gasteiger charge is -2.27. The van der Waals surface area contributed by atoms with E-state index in [1.54, 1.807) is 6.07 Å². The lowest BCUT2D eigenvalue weighted by molar-refractivity contribution is 0.422. The number of phenolic OH excluding ortho intramolecular Hbond substituents is 1. The molecular formula is C12H18N2O. The molecule has 15 heavy (non-hydrogen) atoms. The molecule has 0 radical (unpaired) electrons. The van der Waals surface area contributed by atoms with E-state index in [2.05, 4.69) is 23.6 Å². The van der Waals surface area contributed by atoms with E-state index >= 15 is 0 Å². The van der Waals surface area contributed by atoms with Gasteiger partial charge in [0.25, 0.3) is 0 Å². The van der Waals surface area contributed by atoms with E-state index < -0.39 is 0 Å². The average Bonchev–Trinajstić information content (AvgIpc) is 2.26. The van der Waals surface area contributed by atoms with Crippen molar-refractivity contribution in [2.24, 2.45) is 0 Å². The molecule has 3 nitrogen and oxygen atoms in total. The fraction of sp³-hybridized carbons (Fsp3) is 0.500. The highest BCUT2D eigenvalue weighted by Crippen LogP contribution is 2.30. The molecule has 0 saturated carbocycles. The van der Waals surface area contributed by atoms with Gasteiger partial charge in [-0.3, -0.25) is 0 Å². The molecule has 0 aromatic heterocycles. The van der Waals surface area contributed by atoms with Crippen molar-refractivity contribution in [3.05, 3.63) is 29.3 Å². The van der Waals surface area contributed by atoms with Crippen molar-refractivity contribution in [2.75, 3.05) is 19.6 Å². The third-order valence-corrected chi connectivity index (χ3v) is 2.91. The van der Waals surface area contributed by atoms with Crippen molar-refractivity contribution in [3.8, 4) is 5.75 Å². The molecule has 1 aromatic rings. The van der Waals surface area contributed by atoms with Crippen LogP contribution in [0.4, 0.5) is 0 Å². The number of hydrogen-bond donors (Lipinski definition) is 3. The molecule has 1 aromatic carbocycles. The van der Waals surface area contributed by atoms with Crippen molar-refractivity contribution >= 4 is 0 Å². The van der Waals surface area contributed by atoms with Crippen molar-refractivity contribution < 1.29 is 5.11 Å². The van der Waals surface area contributed by atoms with E-state index in [-0.39, 0.29) is 6.04 Å². The number of fused-ring (bicyclic) bond motifs is 1. The van der Waals surface area contributed by atoms with Crippen LogP contribution >= 0.6 is 0 Å². The number of rotatable bonds is 3. The summed E-state index contributed by atoms with van der Waals surface area (Å²) in [6.07, 6.45) is 1.01. The highest BCUT2D eigenvalue weighted by Gasteiger charge is 2.21. The Morgan fingerprint density at radius 3 is 3.20 bits per heavy atom. The van der Waals surface area contributed by atoms with Crippen molar-refractivity contribution in [1.29, 1.82) is 0 Å². The zero-order valence-corrected chi connectivity index (χ0v) is 9.09. The summed E-state index contributed by atoms with van der Waals surface area (Å²) in [7, 11) is 0. The van der Waals surface area contributed by atoms with Crippen LogP contribution in [0.5, 0.6) is 5.75 Å². The number of hydrogen-bond acceptors (Lipinski definition) is 3. The Morgan fingerprint density at radius 2 is 2.40 bits per heavy atom. The van der Waals surface area contributed by atoms with E-state index in [0.29, 0.717) is 5.75 Å². The third kappa shape index (κ3) is 2.13. The molecule has 0 fully saturated rings. The molecule has 2 rings (SSSR count). The number of nitrogens with one attached hydrogen (secondary N) is 2. The molecule has 1 aliphatic heterocycles. The lowest BCUT2D eigenvalue weighted by atomic mass is 9.93. The maximum atomic E-state index is 9.86. The van der Waals surface area contributed by atoms with E-state index in [1.165, 1.54) is 5.56 Å². The summed E-state index contributed by atoms with van der Waals surface area (Å²) in [6, 6.07) is 6.04. The molecule has 0 amide bonds. The van der Waals surface area contributed by atoms with Gasteiger partial charge in [-0.2, -0.15) is 0 Å². The van der Waals surface area contributed by atoms with Gasteiger partial charge in [0, 0.05) is 18.2 Å². The molecule has 1 aliphatic rings. The summed E-state index contributed by atoms with van der Waals surface area (Å²) in [5, 5.41) is 16.6. The minimum absolute atomic E-state index is 0.245. The molecule has 1 unspecified atom stereocenters. The predicted octanol–water partition coefficient (Wildman–Crippen LogP) is 1.19. The second-order valence-corrected chi connectivity index (χ2v) is 3.91. The van der Waals surface area contributed by atoms with Gasteiger partial charge in [0.05, 0.1) is 0 Å². The second-order valence-electron chi connectivity index (χ2n) is 3.91. The Morgan fingerprint density at radius 1 is 1.53 bits per heavy atom. The highest BCUT2D eigenvalue weighted by molar-refractivity contribution is 5.43. The van der Waals surface area contributed by atoms with Gasteiger partial charge >= 0.3 is 0 Å². The van der Waals surface area contributed by atoms with Gasteiger partial charge in [-0.1, -0.05) is 19.1 Å². The Bertz CT molecular complexity index is 338. The third-order valence-electron chi connectivity index (χ3n) is 2.91. The largest absolute Gasteiger partial charge is 0.508 e. The predicted molar refractivity (Wildman–Crippen MR) is 61.1 cm³/mol. The minimum atomic E-state index is 0.245. The van der Waals surface area contributed by atoms with Crippen LogP contribution in [0, 0.1) is 0 Å². The van der Waals surface area contributed by atoms with Gasteiger partial charge in [0.15, 0.2) is 0 Å². The average molecular weight is 206 g/mol. The summed E-state index contributed by atoms with van der Waals surface area (Å²) < 4.78 is 0. The molecular weight excluding hydrogens is 188 g/mol. The van der Waals surface area contributed by atoms with Crippen molar-refractivity contribution in [1.82, 2.24) is 10.6 Å². The molecule has 0 aliphatic carbocycles. The molecule has 0 bridgehead atoms. The van der Waals surface area contributed by atoms with Crippen LogP contribution in [0.2, 0.25) is 0 Å². The highest BCUT2D eigenvalue weighted by atomic mass is 16.3. The zero-order chi connectivity index (χ0) is 10.7. The molecule has 1 atom stereocenters. The van der Waals surface area contributed by atoms with Gasteiger partial charge in [-0.05, 0) is 31.1 Å². The van der Waals surface area contributed by atoms with Crippen molar-refractivity contribution in [2.45, 2.75) is 19.4 Å². The molecule has 3 N–H and O–H groups in total. The number of phenols is 1. The minimum Gasteiger partial charge on any atom is -0.508 e. The lowest BCUT2D eigenvalue weighted by Crippen LogP contribution is -2.36. The zero-order valence-electron chi connectivity index (χ0n) is 9.09. The van der Waals surface area contributed by atoms with E-state index in [0.717, 1.165) is 31.6 Å². The standard InChI is InChI=1S/C12H18N2O/c1-2-13-8-10-12-9(6-7-14-10)4-3-5-11(12)15/h3-5,10,13-15H,2,6-8H2,1H3. The van der Waals surface area contributed by atoms with E-state index in [1.807, 2.05) is 6.07 Å². The number of aromatic hydroxyl groups is 1. The van der Waals surface area contributed by atoms with Crippen LogP contribution in [0.15, 0.2) is 18.2 Å². The van der Waals surface area contributed by atoms with Crippen LogP contribution in [0.25, 0.3) is 0 Å². The molecule has 1 heterocycles. The van der Waals surface area contributed by atoms with Crippen LogP contribution in [0.3, 0.4) is 0 Å². The van der Waals surface area contributed by atoms with Crippen molar-refractivity contribution in [3.63, 3.8) is 0 Å². The number of benzene rings is 1. The van der Waals surface area contributed by atoms with E-state index in [4.69, 9.17) is 0 Å².